The molecule has 0 aliphatic heterocycles. The second-order valence-corrected chi connectivity index (χ2v) is 4.61. The lowest BCUT2D eigenvalue weighted by Crippen LogP contribution is -2.21. The summed E-state index contributed by atoms with van der Waals surface area (Å²) < 4.78 is 4.09. The molecule has 0 radical (unpaired) electrons. The zero-order chi connectivity index (χ0) is 9.26. The van der Waals surface area contributed by atoms with Gasteiger partial charge in [0.1, 0.15) is 0 Å². The van der Waals surface area contributed by atoms with E-state index in [-0.39, 0.29) is 0 Å². The Morgan fingerprint density at radius 3 is 3.00 bits per heavy atom. The van der Waals surface area contributed by atoms with Gasteiger partial charge in [-0.05, 0) is 36.2 Å². The van der Waals surface area contributed by atoms with Gasteiger partial charge in [-0.3, -0.25) is 0 Å². The first kappa shape index (κ1) is 9.00. The fraction of sp³-hybridized carbons (Fsp3) is 0.700. The summed E-state index contributed by atoms with van der Waals surface area (Å²) >= 11 is 1.51. The van der Waals surface area contributed by atoms with Crippen LogP contribution in [0.1, 0.15) is 26.7 Å². The first-order valence-electron chi connectivity index (χ1n) is 4.97. The topological polar surface area (TPSA) is 24.9 Å². The number of hydrogen-bond acceptors (Lipinski definition) is 3. The van der Waals surface area contributed by atoms with Crippen LogP contribution in [0.3, 0.4) is 0 Å². The maximum atomic E-state index is 4.09. The summed E-state index contributed by atoms with van der Waals surface area (Å²) in [4.78, 5) is 0. The molecule has 3 unspecified atom stereocenters. The normalized spacial score (nSPS) is 28.5. The van der Waals surface area contributed by atoms with Crippen molar-refractivity contribution >= 4 is 17.2 Å². The van der Waals surface area contributed by atoms with Crippen molar-refractivity contribution in [2.45, 2.75) is 32.7 Å². The molecular weight excluding hydrogens is 180 g/mol. The van der Waals surface area contributed by atoms with Crippen LogP contribution in [0, 0.1) is 11.8 Å². The molecule has 2 nitrogen and oxygen atoms in total. The molecule has 0 saturated heterocycles. The lowest BCUT2D eigenvalue weighted by molar-refractivity contribution is 0.583. The molecule has 1 N–H and O–H groups in total. The third-order valence-corrected chi connectivity index (χ3v) is 3.50. The maximum absolute atomic E-state index is 4.09. The van der Waals surface area contributed by atoms with Crippen molar-refractivity contribution in [3.63, 3.8) is 0 Å². The van der Waals surface area contributed by atoms with Gasteiger partial charge in [-0.2, -0.15) is 4.37 Å². The highest BCUT2D eigenvalue weighted by molar-refractivity contribution is 7.04. The van der Waals surface area contributed by atoms with E-state index in [2.05, 4.69) is 28.9 Å². The quantitative estimate of drug-likeness (QED) is 0.800. The van der Waals surface area contributed by atoms with Crippen molar-refractivity contribution in [1.82, 2.24) is 4.37 Å². The van der Waals surface area contributed by atoms with Crippen LogP contribution in [0.2, 0.25) is 0 Å². The first-order chi connectivity index (χ1) is 6.31. The van der Waals surface area contributed by atoms with Gasteiger partial charge in [0, 0.05) is 11.4 Å². The summed E-state index contributed by atoms with van der Waals surface area (Å²) in [5, 5.41) is 5.63. The average molecular weight is 196 g/mol. The Hall–Kier alpha value is -0.570. The number of hydrogen-bond donors (Lipinski definition) is 1. The lowest BCUT2D eigenvalue weighted by Gasteiger charge is -2.16. The highest BCUT2D eigenvalue weighted by Crippen LogP contribution is 2.42. The van der Waals surface area contributed by atoms with E-state index < -0.39 is 0 Å². The Bertz CT molecular complexity index is 258. The third kappa shape index (κ3) is 2.02. The molecule has 1 heterocycles. The van der Waals surface area contributed by atoms with Crippen molar-refractivity contribution in [1.29, 1.82) is 0 Å². The fourth-order valence-corrected chi connectivity index (χ4v) is 2.39. The van der Waals surface area contributed by atoms with Crippen LogP contribution in [-0.4, -0.2) is 10.4 Å². The molecule has 0 spiro atoms. The predicted molar refractivity (Wildman–Crippen MR) is 57.1 cm³/mol. The Labute approximate surface area is 83.5 Å². The summed E-state index contributed by atoms with van der Waals surface area (Å²) in [5.74, 6) is 1.81. The molecule has 0 aromatic carbocycles. The summed E-state index contributed by atoms with van der Waals surface area (Å²) in [5.41, 5.74) is 1.19. The van der Waals surface area contributed by atoms with E-state index in [1.54, 1.807) is 0 Å². The molecule has 1 fully saturated rings. The Morgan fingerprint density at radius 1 is 1.77 bits per heavy atom. The van der Waals surface area contributed by atoms with Crippen molar-refractivity contribution in [3.05, 3.63) is 11.6 Å². The minimum atomic E-state index is 0.659. The molecule has 13 heavy (non-hydrogen) atoms. The summed E-state index contributed by atoms with van der Waals surface area (Å²) in [7, 11) is 0. The van der Waals surface area contributed by atoms with Crippen LogP contribution in [0.5, 0.6) is 0 Å². The van der Waals surface area contributed by atoms with Gasteiger partial charge in [-0.1, -0.05) is 13.8 Å². The minimum Gasteiger partial charge on any atom is -0.380 e. The summed E-state index contributed by atoms with van der Waals surface area (Å²) in [6.45, 7) is 4.59. The van der Waals surface area contributed by atoms with E-state index in [1.807, 2.05) is 6.20 Å². The Kier molecular flexibility index (Phi) is 2.54. The molecule has 2 rings (SSSR count). The highest BCUT2D eigenvalue weighted by Gasteiger charge is 2.38. The molecule has 0 bridgehead atoms. The van der Waals surface area contributed by atoms with Crippen molar-refractivity contribution in [3.8, 4) is 0 Å². The maximum Gasteiger partial charge on any atom is 0.0655 e. The van der Waals surface area contributed by atoms with E-state index in [9.17, 15) is 0 Å². The monoisotopic (exact) mass is 196 g/mol. The molecule has 3 atom stereocenters. The molecule has 1 aliphatic carbocycles. The lowest BCUT2D eigenvalue weighted by atomic mass is 10.1. The van der Waals surface area contributed by atoms with E-state index in [0.29, 0.717) is 6.04 Å². The van der Waals surface area contributed by atoms with Gasteiger partial charge in [-0.25, -0.2) is 0 Å². The molecule has 1 aliphatic rings. The number of nitrogens with one attached hydrogen (secondary N) is 1. The number of rotatable bonds is 4. The fourth-order valence-electron chi connectivity index (χ4n) is 1.91. The Morgan fingerprint density at radius 2 is 2.54 bits per heavy atom. The standard InChI is InChI=1S/C10H16N2S/c1-3-10(9-4-7(9)2)12-8-5-11-13-6-8/h5-7,9-10,12H,3-4H2,1-2H3. The first-order valence-corrected chi connectivity index (χ1v) is 5.80. The predicted octanol–water partition coefficient (Wildman–Crippen LogP) is 2.99. The zero-order valence-corrected chi connectivity index (χ0v) is 8.97. The van der Waals surface area contributed by atoms with Crippen LogP contribution in [0.25, 0.3) is 0 Å². The molecule has 1 aromatic heterocycles. The van der Waals surface area contributed by atoms with Gasteiger partial charge in [0.05, 0.1) is 11.9 Å². The summed E-state index contributed by atoms with van der Waals surface area (Å²) in [6, 6.07) is 0.659. The van der Waals surface area contributed by atoms with Crippen LogP contribution >= 0.6 is 11.5 Å². The van der Waals surface area contributed by atoms with Crippen LogP contribution in [0.4, 0.5) is 5.69 Å². The zero-order valence-electron chi connectivity index (χ0n) is 8.16. The molecule has 1 aromatic rings. The second-order valence-electron chi connectivity index (χ2n) is 3.95. The molecular formula is C10H16N2S. The van der Waals surface area contributed by atoms with E-state index >= 15 is 0 Å². The van der Waals surface area contributed by atoms with Crippen molar-refractivity contribution < 1.29 is 0 Å². The molecule has 1 saturated carbocycles. The number of nitrogens with zero attached hydrogens (tertiary/aromatic N) is 1. The highest BCUT2D eigenvalue weighted by atomic mass is 32.1. The Balaban J connectivity index is 1.91. The SMILES string of the molecule is CCC(Nc1cnsc1)C1CC1C. The molecule has 0 amide bonds. The van der Waals surface area contributed by atoms with Gasteiger partial charge in [0.25, 0.3) is 0 Å². The smallest absolute Gasteiger partial charge is 0.0655 e. The molecule has 72 valence electrons. The van der Waals surface area contributed by atoms with Gasteiger partial charge in [-0.15, -0.1) is 0 Å². The molecule has 3 heteroatoms. The van der Waals surface area contributed by atoms with Crippen LogP contribution in [0.15, 0.2) is 11.6 Å². The second kappa shape index (κ2) is 3.66. The van der Waals surface area contributed by atoms with Gasteiger partial charge in [0.2, 0.25) is 0 Å². The minimum absolute atomic E-state index is 0.659. The van der Waals surface area contributed by atoms with Gasteiger partial charge < -0.3 is 5.32 Å². The van der Waals surface area contributed by atoms with Gasteiger partial charge in [0.15, 0.2) is 0 Å². The van der Waals surface area contributed by atoms with Crippen molar-refractivity contribution in [2.75, 3.05) is 5.32 Å². The number of aromatic nitrogens is 1. The average Bonchev–Trinajstić information content (AvgIpc) is 2.68. The third-order valence-electron chi connectivity index (χ3n) is 2.91. The summed E-state index contributed by atoms with van der Waals surface area (Å²) in [6.07, 6.45) is 4.52. The van der Waals surface area contributed by atoms with E-state index in [1.165, 1.54) is 30.1 Å². The number of anilines is 1. The van der Waals surface area contributed by atoms with Gasteiger partial charge >= 0.3 is 0 Å². The van der Waals surface area contributed by atoms with E-state index in [0.717, 1.165) is 11.8 Å². The van der Waals surface area contributed by atoms with Crippen LogP contribution < -0.4 is 5.32 Å². The van der Waals surface area contributed by atoms with E-state index in [4.69, 9.17) is 0 Å². The largest absolute Gasteiger partial charge is 0.380 e. The van der Waals surface area contributed by atoms with Crippen molar-refractivity contribution in [2.24, 2.45) is 11.8 Å². The van der Waals surface area contributed by atoms with Crippen LogP contribution in [-0.2, 0) is 0 Å².